The summed E-state index contributed by atoms with van der Waals surface area (Å²) >= 11 is 0. The van der Waals surface area contributed by atoms with E-state index in [2.05, 4.69) is 10.4 Å². The minimum absolute atomic E-state index is 0.197. The highest BCUT2D eigenvalue weighted by molar-refractivity contribution is 5.96. The average molecular weight is 288 g/mol. The maximum absolute atomic E-state index is 11.8. The molecule has 2 rings (SSSR count). The summed E-state index contributed by atoms with van der Waals surface area (Å²) in [5.74, 6) is -0.421. The topological polar surface area (TPSA) is 99.2 Å². The molecule has 3 N–H and O–H groups in total. The molecular weight excluding hydrogens is 272 g/mol. The van der Waals surface area contributed by atoms with Crippen LogP contribution in [-0.2, 0) is 18.4 Å². The highest BCUT2D eigenvalue weighted by Crippen LogP contribution is 2.14. The van der Waals surface area contributed by atoms with Crippen LogP contribution in [0.5, 0.6) is 5.75 Å². The van der Waals surface area contributed by atoms with Gasteiger partial charge in [0.2, 0.25) is 5.91 Å². The van der Waals surface area contributed by atoms with E-state index >= 15 is 0 Å². The Bertz CT molecular complexity index is 651. The Hall–Kier alpha value is -2.83. The van der Waals surface area contributed by atoms with E-state index in [1.165, 1.54) is 0 Å². The van der Waals surface area contributed by atoms with Gasteiger partial charge in [-0.1, -0.05) is 6.07 Å². The maximum Gasteiger partial charge on any atom is 0.251 e. The Labute approximate surface area is 121 Å². The molecule has 0 atom stereocenters. The molecule has 0 saturated heterocycles. The van der Waals surface area contributed by atoms with Gasteiger partial charge in [0.1, 0.15) is 12.4 Å². The number of aromatic nitrogens is 2. The first-order valence-electron chi connectivity index (χ1n) is 6.32. The molecule has 0 fully saturated rings. The number of nitrogens with zero attached hydrogens (tertiary/aromatic N) is 2. The number of nitrogens with one attached hydrogen (secondary N) is 1. The third-order valence-corrected chi connectivity index (χ3v) is 2.67. The van der Waals surface area contributed by atoms with E-state index in [1.54, 1.807) is 28.9 Å². The number of amides is 2. The van der Waals surface area contributed by atoms with Crippen LogP contribution in [0.25, 0.3) is 0 Å². The molecule has 0 saturated carbocycles. The lowest BCUT2D eigenvalue weighted by Crippen LogP contribution is -2.33. The third-order valence-electron chi connectivity index (χ3n) is 2.67. The molecule has 0 radical (unpaired) electrons. The monoisotopic (exact) mass is 288 g/mol. The molecule has 1 heterocycles. The molecule has 0 bridgehead atoms. The van der Waals surface area contributed by atoms with Crippen LogP contribution < -0.4 is 15.8 Å². The molecule has 2 aromatic rings. The number of rotatable bonds is 6. The molecular formula is C14H16N4O3. The standard InChI is InChI=1S/C14H16N4O3/c1-18-6-5-11(17-18)9-21-12-4-2-3-10(7-12)14(20)16-8-13(15)19/h2-7H,8-9H2,1H3,(H2,15,19)(H,16,20). The molecule has 2 amide bonds. The zero-order chi connectivity index (χ0) is 15.2. The van der Waals surface area contributed by atoms with Crippen molar-refractivity contribution in [2.24, 2.45) is 12.8 Å². The van der Waals surface area contributed by atoms with E-state index in [0.717, 1.165) is 5.69 Å². The van der Waals surface area contributed by atoms with Crippen molar-refractivity contribution < 1.29 is 14.3 Å². The van der Waals surface area contributed by atoms with Crippen LogP contribution >= 0.6 is 0 Å². The van der Waals surface area contributed by atoms with E-state index in [0.29, 0.717) is 17.9 Å². The van der Waals surface area contributed by atoms with Crippen molar-refractivity contribution in [3.05, 3.63) is 47.8 Å². The Balaban J connectivity index is 1.97. The van der Waals surface area contributed by atoms with Gasteiger partial charge in [0, 0.05) is 18.8 Å². The summed E-state index contributed by atoms with van der Waals surface area (Å²) in [6, 6.07) is 8.52. The minimum atomic E-state index is -0.592. The molecule has 110 valence electrons. The van der Waals surface area contributed by atoms with Crippen LogP contribution in [0.4, 0.5) is 0 Å². The first-order valence-corrected chi connectivity index (χ1v) is 6.32. The van der Waals surface area contributed by atoms with Gasteiger partial charge in [-0.05, 0) is 24.3 Å². The summed E-state index contributed by atoms with van der Waals surface area (Å²) in [5, 5.41) is 6.61. The van der Waals surface area contributed by atoms with Gasteiger partial charge in [-0.15, -0.1) is 0 Å². The highest BCUT2D eigenvalue weighted by Gasteiger charge is 2.08. The molecule has 1 aromatic heterocycles. The number of nitrogens with two attached hydrogens (primary N) is 1. The zero-order valence-corrected chi connectivity index (χ0v) is 11.6. The number of aryl methyl sites for hydroxylation is 1. The fraction of sp³-hybridized carbons (Fsp3) is 0.214. The summed E-state index contributed by atoms with van der Waals surface area (Å²) in [4.78, 5) is 22.4. The predicted molar refractivity (Wildman–Crippen MR) is 75.5 cm³/mol. The molecule has 0 aliphatic rings. The van der Waals surface area contributed by atoms with Crippen LogP contribution in [0.1, 0.15) is 16.1 Å². The van der Waals surface area contributed by atoms with Crippen LogP contribution in [0.2, 0.25) is 0 Å². The van der Waals surface area contributed by atoms with Crippen molar-refractivity contribution in [3.63, 3.8) is 0 Å². The molecule has 21 heavy (non-hydrogen) atoms. The van der Waals surface area contributed by atoms with Crippen molar-refractivity contribution in [2.45, 2.75) is 6.61 Å². The second-order valence-corrected chi connectivity index (χ2v) is 4.45. The van der Waals surface area contributed by atoms with Gasteiger partial charge in [0.15, 0.2) is 0 Å². The largest absolute Gasteiger partial charge is 0.487 e. The molecule has 0 spiro atoms. The van der Waals surface area contributed by atoms with Crippen molar-refractivity contribution in [2.75, 3.05) is 6.54 Å². The smallest absolute Gasteiger partial charge is 0.251 e. The van der Waals surface area contributed by atoms with Crippen LogP contribution in [0.3, 0.4) is 0 Å². The normalized spacial score (nSPS) is 10.1. The van der Waals surface area contributed by atoms with Gasteiger partial charge in [0.25, 0.3) is 5.91 Å². The molecule has 1 aromatic carbocycles. The van der Waals surface area contributed by atoms with Crippen LogP contribution in [0.15, 0.2) is 36.5 Å². The fourth-order valence-corrected chi connectivity index (χ4v) is 1.69. The van der Waals surface area contributed by atoms with Crippen LogP contribution in [-0.4, -0.2) is 28.1 Å². The zero-order valence-electron chi connectivity index (χ0n) is 11.6. The average Bonchev–Trinajstić information content (AvgIpc) is 2.88. The second kappa shape index (κ2) is 6.56. The quantitative estimate of drug-likeness (QED) is 0.794. The maximum atomic E-state index is 11.8. The summed E-state index contributed by atoms with van der Waals surface area (Å²) in [7, 11) is 1.83. The summed E-state index contributed by atoms with van der Waals surface area (Å²) in [6.07, 6.45) is 1.83. The van der Waals surface area contributed by atoms with E-state index in [4.69, 9.17) is 10.5 Å². The summed E-state index contributed by atoms with van der Waals surface area (Å²) in [5.41, 5.74) is 6.17. The number of carbonyl (C=O) groups excluding carboxylic acids is 2. The fourth-order valence-electron chi connectivity index (χ4n) is 1.69. The molecule has 0 aliphatic carbocycles. The minimum Gasteiger partial charge on any atom is -0.487 e. The first kappa shape index (κ1) is 14.6. The van der Waals surface area contributed by atoms with Crippen molar-refractivity contribution in [1.82, 2.24) is 15.1 Å². The van der Waals surface area contributed by atoms with Gasteiger partial charge >= 0.3 is 0 Å². The van der Waals surface area contributed by atoms with Gasteiger partial charge in [0.05, 0.1) is 12.2 Å². The number of hydrogen-bond donors (Lipinski definition) is 2. The van der Waals surface area contributed by atoms with Crippen molar-refractivity contribution >= 4 is 11.8 Å². The third kappa shape index (κ3) is 4.34. The predicted octanol–water partition coefficient (Wildman–Crippen LogP) is 0.214. The molecule has 7 nitrogen and oxygen atoms in total. The van der Waals surface area contributed by atoms with E-state index in [-0.39, 0.29) is 12.5 Å². The van der Waals surface area contributed by atoms with Crippen molar-refractivity contribution in [1.29, 1.82) is 0 Å². The number of ether oxygens (including phenoxy) is 1. The van der Waals surface area contributed by atoms with Gasteiger partial charge < -0.3 is 15.8 Å². The van der Waals surface area contributed by atoms with Crippen LogP contribution in [0, 0.1) is 0 Å². The summed E-state index contributed by atoms with van der Waals surface area (Å²) < 4.78 is 7.26. The Morgan fingerprint density at radius 1 is 1.38 bits per heavy atom. The van der Waals surface area contributed by atoms with E-state index < -0.39 is 5.91 Å². The molecule has 7 heteroatoms. The van der Waals surface area contributed by atoms with Gasteiger partial charge in [-0.2, -0.15) is 5.10 Å². The Morgan fingerprint density at radius 3 is 2.86 bits per heavy atom. The van der Waals surface area contributed by atoms with E-state index in [9.17, 15) is 9.59 Å². The lowest BCUT2D eigenvalue weighted by atomic mass is 10.2. The number of primary amides is 1. The Kier molecular flexibility index (Phi) is 4.55. The lowest BCUT2D eigenvalue weighted by Gasteiger charge is -2.07. The molecule has 0 aliphatic heterocycles. The number of carbonyl (C=O) groups is 2. The summed E-state index contributed by atoms with van der Waals surface area (Å²) in [6.45, 7) is 0.116. The number of hydrogen-bond acceptors (Lipinski definition) is 4. The molecule has 0 unspecified atom stereocenters. The first-order chi connectivity index (χ1) is 10.0. The SMILES string of the molecule is Cn1ccc(COc2cccc(C(=O)NCC(N)=O)c2)n1. The van der Waals surface area contributed by atoms with Gasteiger partial charge in [-0.3, -0.25) is 14.3 Å². The van der Waals surface area contributed by atoms with Gasteiger partial charge in [-0.25, -0.2) is 0 Å². The van der Waals surface area contributed by atoms with E-state index in [1.807, 2.05) is 19.3 Å². The number of benzene rings is 1. The second-order valence-electron chi connectivity index (χ2n) is 4.45. The lowest BCUT2D eigenvalue weighted by molar-refractivity contribution is -0.117. The van der Waals surface area contributed by atoms with Crippen molar-refractivity contribution in [3.8, 4) is 5.75 Å². The Morgan fingerprint density at radius 2 is 2.19 bits per heavy atom. The highest BCUT2D eigenvalue weighted by atomic mass is 16.5.